The van der Waals surface area contributed by atoms with Gasteiger partial charge in [0.05, 0.1) is 0 Å². The fourth-order valence-corrected chi connectivity index (χ4v) is 2.84. The summed E-state index contributed by atoms with van der Waals surface area (Å²) in [5.74, 6) is 1.10. The molecule has 2 N–H and O–H groups in total. The van der Waals surface area contributed by atoms with Gasteiger partial charge >= 0.3 is 0 Å². The van der Waals surface area contributed by atoms with Crippen molar-refractivity contribution >= 4 is 11.9 Å². The van der Waals surface area contributed by atoms with Gasteiger partial charge in [0, 0.05) is 51.9 Å². The molecule has 1 amide bonds. The maximum Gasteiger partial charge on any atom is 0.222 e. The van der Waals surface area contributed by atoms with Crippen LogP contribution in [-0.2, 0) is 9.53 Å². The van der Waals surface area contributed by atoms with Crippen molar-refractivity contribution in [1.82, 2.24) is 15.5 Å². The van der Waals surface area contributed by atoms with E-state index in [1.165, 1.54) is 0 Å². The topological polar surface area (TPSA) is 66.0 Å². The average Bonchev–Trinajstić information content (AvgIpc) is 3.01. The molecule has 0 unspecified atom stereocenters. The lowest BCUT2D eigenvalue weighted by Gasteiger charge is -2.27. The molecule has 24 heavy (non-hydrogen) atoms. The molecule has 0 aromatic rings. The van der Waals surface area contributed by atoms with Crippen LogP contribution in [-0.4, -0.2) is 62.2 Å². The highest BCUT2D eigenvalue weighted by Gasteiger charge is 2.26. The van der Waals surface area contributed by atoms with Gasteiger partial charge in [-0.1, -0.05) is 13.0 Å². The molecule has 1 aliphatic heterocycles. The Morgan fingerprint density at radius 3 is 2.92 bits per heavy atom. The Kier molecular flexibility index (Phi) is 10.9. The Balaban J connectivity index is 2.37. The molecule has 0 aromatic carbocycles. The molecule has 0 aromatic heterocycles. The van der Waals surface area contributed by atoms with Crippen LogP contribution in [0.1, 0.15) is 46.0 Å². The van der Waals surface area contributed by atoms with E-state index in [9.17, 15) is 4.79 Å². The maximum atomic E-state index is 11.9. The quantitative estimate of drug-likeness (QED) is 0.247. The third-order valence-electron chi connectivity index (χ3n) is 4.13. The van der Waals surface area contributed by atoms with Crippen LogP contribution in [0, 0.1) is 0 Å². The molecule has 1 rings (SSSR count). The zero-order chi connectivity index (χ0) is 17.6. The van der Waals surface area contributed by atoms with E-state index in [1.807, 2.05) is 17.9 Å². The van der Waals surface area contributed by atoms with E-state index in [4.69, 9.17) is 4.74 Å². The highest BCUT2D eigenvalue weighted by atomic mass is 16.5. The number of hydrogen-bond acceptors (Lipinski definition) is 3. The standard InChI is InChI=1S/C18H34N4O2/c1-4-11-19-18(20-12-8-15-24-6-3)21-13-10-16(5-2)22-14-7-9-17(22)23/h4,16H,1,5-15H2,2-3H3,(H2,19,20,21)/t16-/m1/s1. The highest BCUT2D eigenvalue weighted by Crippen LogP contribution is 2.17. The number of aliphatic imine (C=N–C) groups is 1. The van der Waals surface area contributed by atoms with Crippen LogP contribution >= 0.6 is 0 Å². The maximum absolute atomic E-state index is 11.9. The summed E-state index contributed by atoms with van der Waals surface area (Å²) in [6, 6.07) is 0.325. The Morgan fingerprint density at radius 1 is 1.46 bits per heavy atom. The molecule has 1 saturated heterocycles. The summed E-state index contributed by atoms with van der Waals surface area (Å²) in [4.78, 5) is 18.5. The molecule has 0 spiro atoms. The van der Waals surface area contributed by atoms with Gasteiger partial charge < -0.3 is 20.3 Å². The number of nitrogens with one attached hydrogen (secondary N) is 2. The van der Waals surface area contributed by atoms with Crippen molar-refractivity contribution in [3.8, 4) is 0 Å². The summed E-state index contributed by atoms with van der Waals surface area (Å²) in [5, 5.41) is 6.59. The molecule has 1 heterocycles. The second-order valence-electron chi connectivity index (χ2n) is 5.92. The molecule has 1 atom stereocenters. The first-order valence-corrected chi connectivity index (χ1v) is 9.23. The van der Waals surface area contributed by atoms with Crippen LogP contribution in [0.3, 0.4) is 0 Å². The van der Waals surface area contributed by atoms with Crippen LogP contribution in [0.5, 0.6) is 0 Å². The number of hydrogen-bond donors (Lipinski definition) is 2. The minimum atomic E-state index is 0.302. The third-order valence-corrected chi connectivity index (χ3v) is 4.13. The first kappa shape index (κ1) is 20.5. The number of ether oxygens (including phenoxy) is 1. The predicted octanol–water partition coefficient (Wildman–Crippen LogP) is 1.93. The monoisotopic (exact) mass is 338 g/mol. The SMILES string of the molecule is C=CCNC(=NCCCOCC)NCC[C@@H](CC)N1CCCC1=O. The Morgan fingerprint density at radius 2 is 2.29 bits per heavy atom. The molecule has 1 fully saturated rings. The summed E-state index contributed by atoms with van der Waals surface area (Å²) in [6.45, 7) is 12.5. The number of carbonyl (C=O) groups excluding carboxylic acids is 1. The number of amides is 1. The predicted molar refractivity (Wildman–Crippen MR) is 99.3 cm³/mol. The molecule has 0 radical (unpaired) electrons. The van der Waals surface area contributed by atoms with Gasteiger partial charge in [0.25, 0.3) is 0 Å². The molecule has 0 bridgehead atoms. The number of rotatable bonds is 12. The van der Waals surface area contributed by atoms with E-state index in [0.29, 0.717) is 24.9 Å². The van der Waals surface area contributed by atoms with E-state index in [1.54, 1.807) is 0 Å². The first-order chi connectivity index (χ1) is 11.7. The van der Waals surface area contributed by atoms with Crippen LogP contribution in [0.25, 0.3) is 0 Å². The molecule has 0 saturated carbocycles. The van der Waals surface area contributed by atoms with Crippen LogP contribution in [0.2, 0.25) is 0 Å². The number of nitrogens with zero attached hydrogens (tertiary/aromatic N) is 2. The largest absolute Gasteiger partial charge is 0.382 e. The Labute approximate surface area is 146 Å². The summed E-state index contributed by atoms with van der Waals surface area (Å²) in [7, 11) is 0. The molecular formula is C18H34N4O2. The minimum Gasteiger partial charge on any atom is -0.382 e. The van der Waals surface area contributed by atoms with Crippen molar-refractivity contribution in [3.63, 3.8) is 0 Å². The molecule has 0 aliphatic carbocycles. The van der Waals surface area contributed by atoms with Gasteiger partial charge in [-0.15, -0.1) is 6.58 Å². The molecule has 1 aliphatic rings. The number of guanidine groups is 1. The Bertz CT molecular complexity index is 398. The molecule has 6 nitrogen and oxygen atoms in total. The lowest BCUT2D eigenvalue weighted by atomic mass is 10.1. The molecule has 6 heteroatoms. The van der Waals surface area contributed by atoms with E-state index < -0.39 is 0 Å². The van der Waals surface area contributed by atoms with Gasteiger partial charge in [-0.2, -0.15) is 0 Å². The zero-order valence-corrected chi connectivity index (χ0v) is 15.4. The third kappa shape index (κ3) is 7.81. The van der Waals surface area contributed by atoms with Crippen molar-refractivity contribution < 1.29 is 9.53 Å². The second kappa shape index (κ2) is 12.8. The lowest BCUT2D eigenvalue weighted by molar-refractivity contribution is -0.129. The van der Waals surface area contributed by atoms with Gasteiger partial charge in [0.2, 0.25) is 5.91 Å². The summed E-state index contributed by atoms with van der Waals surface area (Å²) >= 11 is 0. The van der Waals surface area contributed by atoms with E-state index in [2.05, 4.69) is 29.1 Å². The van der Waals surface area contributed by atoms with Crippen molar-refractivity contribution in [2.45, 2.75) is 52.0 Å². The van der Waals surface area contributed by atoms with Crippen molar-refractivity contribution in [2.24, 2.45) is 4.99 Å². The average molecular weight is 338 g/mol. The first-order valence-electron chi connectivity index (χ1n) is 9.23. The van der Waals surface area contributed by atoms with E-state index in [-0.39, 0.29) is 0 Å². The summed E-state index contributed by atoms with van der Waals surface area (Å²) in [5.41, 5.74) is 0. The van der Waals surface area contributed by atoms with Crippen molar-refractivity contribution in [2.75, 3.05) is 39.4 Å². The molecule has 138 valence electrons. The van der Waals surface area contributed by atoms with Crippen LogP contribution in [0.15, 0.2) is 17.6 Å². The van der Waals surface area contributed by atoms with Crippen molar-refractivity contribution in [3.05, 3.63) is 12.7 Å². The lowest BCUT2D eigenvalue weighted by Crippen LogP contribution is -2.42. The smallest absolute Gasteiger partial charge is 0.222 e. The number of carbonyl (C=O) groups is 1. The summed E-state index contributed by atoms with van der Waals surface area (Å²) in [6.07, 6.45) is 6.36. The van der Waals surface area contributed by atoms with Gasteiger partial charge in [-0.05, 0) is 32.6 Å². The molecular weight excluding hydrogens is 304 g/mol. The van der Waals surface area contributed by atoms with Gasteiger partial charge in [-0.25, -0.2) is 0 Å². The number of likely N-dealkylation sites (tertiary alicyclic amines) is 1. The fourth-order valence-electron chi connectivity index (χ4n) is 2.84. The van der Waals surface area contributed by atoms with Crippen molar-refractivity contribution in [1.29, 1.82) is 0 Å². The zero-order valence-electron chi connectivity index (χ0n) is 15.4. The van der Waals surface area contributed by atoms with E-state index >= 15 is 0 Å². The minimum absolute atomic E-state index is 0.302. The highest BCUT2D eigenvalue weighted by molar-refractivity contribution is 5.80. The second-order valence-corrected chi connectivity index (χ2v) is 5.92. The summed E-state index contributed by atoms with van der Waals surface area (Å²) < 4.78 is 5.33. The van der Waals surface area contributed by atoms with Gasteiger partial charge in [0.15, 0.2) is 5.96 Å². The normalized spacial score (nSPS) is 16.3. The fraction of sp³-hybridized carbons (Fsp3) is 0.778. The van der Waals surface area contributed by atoms with E-state index in [0.717, 1.165) is 64.5 Å². The Hall–Kier alpha value is -1.56. The van der Waals surface area contributed by atoms with Crippen LogP contribution in [0.4, 0.5) is 0 Å². The van der Waals surface area contributed by atoms with Gasteiger partial charge in [-0.3, -0.25) is 9.79 Å². The van der Waals surface area contributed by atoms with Gasteiger partial charge in [0.1, 0.15) is 0 Å². The van der Waals surface area contributed by atoms with Crippen LogP contribution < -0.4 is 10.6 Å².